The van der Waals surface area contributed by atoms with E-state index in [1.54, 1.807) is 12.1 Å². The maximum Gasteiger partial charge on any atom is 0.263 e. The number of anilines is 1. The van der Waals surface area contributed by atoms with Crippen molar-refractivity contribution in [2.45, 2.75) is 33.6 Å². The molecule has 0 saturated carbocycles. The normalized spacial score (nSPS) is 11.0. The highest BCUT2D eigenvalue weighted by atomic mass is 19.3. The summed E-state index contributed by atoms with van der Waals surface area (Å²) in [6.07, 6.45) is -1.67. The lowest BCUT2D eigenvalue weighted by Gasteiger charge is -2.13. The molecule has 0 fully saturated rings. The van der Waals surface area contributed by atoms with E-state index >= 15 is 0 Å². The standard InChI is InChI=1S/C16H19F2N3/c1-4-13-10(3)20-15(21-16(13)19-5-2)12-8-6-7-11(9-12)14(17)18/h6-9,14H,4-5H2,1-3H3,(H,19,20,21). The van der Waals surface area contributed by atoms with Crippen LogP contribution in [0.1, 0.15) is 37.1 Å². The fraction of sp³-hybridized carbons (Fsp3) is 0.375. The van der Waals surface area contributed by atoms with E-state index in [2.05, 4.69) is 15.3 Å². The molecule has 0 spiro atoms. The molecule has 0 unspecified atom stereocenters. The number of hydrogen-bond acceptors (Lipinski definition) is 3. The van der Waals surface area contributed by atoms with Crippen LogP contribution in [-0.2, 0) is 6.42 Å². The molecule has 3 nitrogen and oxygen atoms in total. The van der Waals surface area contributed by atoms with Gasteiger partial charge in [0, 0.05) is 28.9 Å². The van der Waals surface area contributed by atoms with Crippen molar-refractivity contribution < 1.29 is 8.78 Å². The first-order valence-electron chi connectivity index (χ1n) is 7.06. The Balaban J connectivity index is 2.51. The number of halogens is 2. The van der Waals surface area contributed by atoms with Gasteiger partial charge in [-0.15, -0.1) is 0 Å². The van der Waals surface area contributed by atoms with E-state index in [9.17, 15) is 8.78 Å². The smallest absolute Gasteiger partial charge is 0.263 e. The molecule has 1 aromatic heterocycles. The highest BCUT2D eigenvalue weighted by molar-refractivity contribution is 5.60. The molecule has 21 heavy (non-hydrogen) atoms. The second-order valence-electron chi connectivity index (χ2n) is 4.77. The molecule has 0 bridgehead atoms. The van der Waals surface area contributed by atoms with Crippen LogP contribution in [0.5, 0.6) is 0 Å². The SMILES string of the molecule is CCNc1nc(-c2cccc(C(F)F)c2)nc(C)c1CC. The minimum atomic E-state index is -2.49. The van der Waals surface area contributed by atoms with Crippen LogP contribution in [0.25, 0.3) is 11.4 Å². The molecule has 0 aliphatic heterocycles. The number of hydrogen-bond donors (Lipinski definition) is 1. The highest BCUT2D eigenvalue weighted by Gasteiger charge is 2.13. The predicted molar refractivity (Wildman–Crippen MR) is 80.7 cm³/mol. The van der Waals surface area contributed by atoms with Crippen LogP contribution in [-0.4, -0.2) is 16.5 Å². The lowest BCUT2D eigenvalue weighted by Crippen LogP contribution is -2.08. The molecule has 2 aromatic rings. The van der Waals surface area contributed by atoms with Crippen LogP contribution in [0.3, 0.4) is 0 Å². The van der Waals surface area contributed by atoms with Gasteiger partial charge in [0.2, 0.25) is 0 Å². The molecule has 0 saturated heterocycles. The second-order valence-corrected chi connectivity index (χ2v) is 4.77. The molecule has 0 aliphatic carbocycles. The van der Waals surface area contributed by atoms with Gasteiger partial charge in [-0.3, -0.25) is 0 Å². The maximum absolute atomic E-state index is 12.8. The fourth-order valence-electron chi connectivity index (χ4n) is 2.28. The van der Waals surface area contributed by atoms with Gasteiger partial charge in [-0.05, 0) is 26.3 Å². The van der Waals surface area contributed by atoms with Crippen LogP contribution in [0.2, 0.25) is 0 Å². The van der Waals surface area contributed by atoms with Crippen LogP contribution in [0.15, 0.2) is 24.3 Å². The maximum atomic E-state index is 12.8. The average Bonchev–Trinajstić information content (AvgIpc) is 2.47. The summed E-state index contributed by atoms with van der Waals surface area (Å²) in [6.45, 7) is 6.71. The molecule has 0 radical (unpaired) electrons. The fourth-order valence-corrected chi connectivity index (χ4v) is 2.28. The van der Waals surface area contributed by atoms with Gasteiger partial charge in [0.25, 0.3) is 6.43 Å². The Kier molecular flexibility index (Phi) is 4.83. The monoisotopic (exact) mass is 291 g/mol. The van der Waals surface area contributed by atoms with Crippen molar-refractivity contribution in [1.29, 1.82) is 0 Å². The zero-order chi connectivity index (χ0) is 15.4. The summed E-state index contributed by atoms with van der Waals surface area (Å²) < 4.78 is 25.6. The quantitative estimate of drug-likeness (QED) is 0.888. The number of rotatable bonds is 5. The molecule has 1 N–H and O–H groups in total. The highest BCUT2D eigenvalue weighted by Crippen LogP contribution is 2.26. The molecule has 1 heterocycles. The number of benzene rings is 1. The lowest BCUT2D eigenvalue weighted by atomic mass is 10.1. The Hall–Kier alpha value is -2.04. The second kappa shape index (κ2) is 6.61. The first kappa shape index (κ1) is 15.4. The van der Waals surface area contributed by atoms with E-state index in [0.717, 1.165) is 30.0 Å². The molecule has 5 heteroatoms. The van der Waals surface area contributed by atoms with E-state index in [-0.39, 0.29) is 5.56 Å². The summed E-state index contributed by atoms with van der Waals surface area (Å²) in [5.74, 6) is 1.26. The van der Waals surface area contributed by atoms with E-state index in [1.165, 1.54) is 12.1 Å². The van der Waals surface area contributed by atoms with Crippen molar-refractivity contribution in [2.75, 3.05) is 11.9 Å². The first-order valence-corrected chi connectivity index (χ1v) is 7.06. The molecular weight excluding hydrogens is 272 g/mol. The summed E-state index contributed by atoms with van der Waals surface area (Å²) in [7, 11) is 0. The Labute approximate surface area is 123 Å². The van der Waals surface area contributed by atoms with Crippen molar-refractivity contribution >= 4 is 5.82 Å². The molecule has 1 aromatic carbocycles. The van der Waals surface area contributed by atoms with Crippen molar-refractivity contribution in [3.8, 4) is 11.4 Å². The van der Waals surface area contributed by atoms with Crippen molar-refractivity contribution in [3.05, 3.63) is 41.1 Å². The first-order chi connectivity index (χ1) is 10.1. The Morgan fingerprint density at radius 1 is 1.19 bits per heavy atom. The van der Waals surface area contributed by atoms with Gasteiger partial charge in [-0.1, -0.05) is 25.1 Å². The Morgan fingerprint density at radius 2 is 1.95 bits per heavy atom. The van der Waals surface area contributed by atoms with Gasteiger partial charge in [-0.2, -0.15) is 0 Å². The minimum absolute atomic E-state index is 0.0154. The van der Waals surface area contributed by atoms with Crippen molar-refractivity contribution in [3.63, 3.8) is 0 Å². The van der Waals surface area contributed by atoms with Gasteiger partial charge >= 0.3 is 0 Å². The van der Waals surface area contributed by atoms with Crippen LogP contribution < -0.4 is 5.32 Å². The number of aryl methyl sites for hydroxylation is 1. The zero-order valence-corrected chi connectivity index (χ0v) is 12.5. The average molecular weight is 291 g/mol. The zero-order valence-electron chi connectivity index (χ0n) is 12.5. The Bertz CT molecular complexity index is 627. The van der Waals surface area contributed by atoms with Crippen molar-refractivity contribution in [2.24, 2.45) is 0 Å². The molecule has 112 valence electrons. The number of nitrogens with one attached hydrogen (secondary N) is 1. The predicted octanol–water partition coefficient (Wildman–Crippen LogP) is 4.38. The van der Waals surface area contributed by atoms with E-state index in [0.29, 0.717) is 11.4 Å². The third kappa shape index (κ3) is 3.35. The molecule has 0 aliphatic rings. The largest absolute Gasteiger partial charge is 0.370 e. The van der Waals surface area contributed by atoms with Gasteiger partial charge in [0.1, 0.15) is 5.82 Å². The Morgan fingerprint density at radius 3 is 2.57 bits per heavy atom. The van der Waals surface area contributed by atoms with Crippen LogP contribution in [0, 0.1) is 6.92 Å². The number of nitrogens with zero attached hydrogens (tertiary/aromatic N) is 2. The topological polar surface area (TPSA) is 37.8 Å². The molecule has 0 amide bonds. The molecule has 2 rings (SSSR count). The van der Waals surface area contributed by atoms with E-state index < -0.39 is 6.43 Å². The van der Waals surface area contributed by atoms with Crippen molar-refractivity contribution in [1.82, 2.24) is 9.97 Å². The molecular formula is C16H19F2N3. The van der Waals surface area contributed by atoms with Crippen LogP contribution in [0.4, 0.5) is 14.6 Å². The summed E-state index contributed by atoms with van der Waals surface area (Å²) in [4.78, 5) is 8.96. The summed E-state index contributed by atoms with van der Waals surface area (Å²) in [5.41, 5.74) is 2.53. The van der Waals surface area contributed by atoms with Crippen LogP contribution >= 0.6 is 0 Å². The summed E-state index contributed by atoms with van der Waals surface area (Å²) in [6, 6.07) is 6.21. The third-order valence-electron chi connectivity index (χ3n) is 3.31. The molecule has 0 atom stereocenters. The van der Waals surface area contributed by atoms with E-state index in [1.807, 2.05) is 20.8 Å². The van der Waals surface area contributed by atoms with E-state index in [4.69, 9.17) is 0 Å². The van der Waals surface area contributed by atoms with Gasteiger partial charge in [0.15, 0.2) is 5.82 Å². The summed E-state index contributed by atoms with van der Waals surface area (Å²) >= 11 is 0. The van der Waals surface area contributed by atoms with Gasteiger partial charge in [-0.25, -0.2) is 18.7 Å². The lowest BCUT2D eigenvalue weighted by molar-refractivity contribution is 0.151. The third-order valence-corrected chi connectivity index (χ3v) is 3.31. The number of aromatic nitrogens is 2. The van der Waals surface area contributed by atoms with Gasteiger partial charge < -0.3 is 5.32 Å². The summed E-state index contributed by atoms with van der Waals surface area (Å²) in [5, 5.41) is 3.22. The minimum Gasteiger partial charge on any atom is -0.370 e. The number of alkyl halides is 2. The van der Waals surface area contributed by atoms with Gasteiger partial charge in [0.05, 0.1) is 0 Å².